The van der Waals surface area contributed by atoms with Gasteiger partial charge in [-0.2, -0.15) is 0 Å². The molecule has 144 valence electrons. The van der Waals surface area contributed by atoms with E-state index in [1.165, 1.54) is 0 Å². The van der Waals surface area contributed by atoms with Gasteiger partial charge in [-0.15, -0.1) is 10.2 Å². The van der Waals surface area contributed by atoms with Gasteiger partial charge >= 0.3 is 0 Å². The van der Waals surface area contributed by atoms with Crippen molar-refractivity contribution in [2.45, 2.75) is 32.7 Å². The number of hydrogen-bond donors (Lipinski definition) is 1. The van der Waals surface area contributed by atoms with Gasteiger partial charge in [0.1, 0.15) is 6.04 Å². The molecule has 0 aliphatic carbocycles. The molecule has 2 heterocycles. The summed E-state index contributed by atoms with van der Waals surface area (Å²) >= 11 is 0. The third-order valence-corrected chi connectivity index (χ3v) is 4.36. The zero-order chi connectivity index (χ0) is 19.4. The van der Waals surface area contributed by atoms with Crippen LogP contribution in [-0.4, -0.2) is 53.2 Å². The fourth-order valence-electron chi connectivity index (χ4n) is 2.71. The molecule has 1 aliphatic rings. The van der Waals surface area contributed by atoms with Crippen molar-refractivity contribution in [1.29, 1.82) is 0 Å². The summed E-state index contributed by atoms with van der Waals surface area (Å²) in [4.78, 5) is 26.6. The van der Waals surface area contributed by atoms with Crippen LogP contribution >= 0.6 is 0 Å². The molecule has 1 saturated heterocycles. The van der Waals surface area contributed by atoms with E-state index >= 15 is 0 Å². The summed E-state index contributed by atoms with van der Waals surface area (Å²) in [6.45, 7) is 7.98. The maximum absolute atomic E-state index is 12.4. The number of nitrogens with one attached hydrogen (secondary N) is 1. The van der Waals surface area contributed by atoms with Gasteiger partial charge in [0.15, 0.2) is 0 Å². The highest BCUT2D eigenvalue weighted by atomic mass is 16.5. The largest absolute Gasteiger partial charge is 0.423 e. The van der Waals surface area contributed by atoms with Crippen LogP contribution in [0, 0.1) is 0 Å². The zero-order valence-corrected chi connectivity index (χ0v) is 15.8. The van der Waals surface area contributed by atoms with Gasteiger partial charge in [-0.05, 0) is 31.2 Å². The van der Waals surface area contributed by atoms with Crippen molar-refractivity contribution in [3.05, 3.63) is 47.2 Å². The van der Waals surface area contributed by atoms with E-state index in [2.05, 4.69) is 15.5 Å². The van der Waals surface area contributed by atoms with Crippen LogP contribution in [0.25, 0.3) is 0 Å². The van der Waals surface area contributed by atoms with Gasteiger partial charge in [0.2, 0.25) is 11.8 Å². The van der Waals surface area contributed by atoms with Crippen molar-refractivity contribution in [3.63, 3.8) is 0 Å². The molecule has 27 heavy (non-hydrogen) atoms. The van der Waals surface area contributed by atoms with Crippen LogP contribution in [0.15, 0.2) is 28.7 Å². The molecule has 0 bridgehead atoms. The SMILES string of the molecule is CC(C)c1nnc(C(C)NC(=O)c2ccc(C(=O)N3CCOCC3)cc2)o1. The van der Waals surface area contributed by atoms with Crippen LogP contribution in [0.4, 0.5) is 0 Å². The number of morpholine rings is 1. The van der Waals surface area contributed by atoms with Gasteiger partial charge in [0.25, 0.3) is 11.8 Å². The smallest absolute Gasteiger partial charge is 0.254 e. The predicted octanol–water partition coefficient (Wildman–Crippen LogP) is 2.16. The average Bonchev–Trinajstić information content (AvgIpc) is 3.19. The van der Waals surface area contributed by atoms with Crippen molar-refractivity contribution >= 4 is 11.8 Å². The Morgan fingerprint density at radius 3 is 2.19 bits per heavy atom. The normalized spacial score (nSPS) is 15.6. The number of amides is 2. The summed E-state index contributed by atoms with van der Waals surface area (Å²) in [7, 11) is 0. The standard InChI is InChI=1S/C19H24N4O4/c1-12(2)17-21-22-18(27-17)13(3)20-16(24)14-4-6-15(7-5-14)19(25)23-8-10-26-11-9-23/h4-7,12-13H,8-11H2,1-3H3,(H,20,24). The second-order valence-electron chi connectivity index (χ2n) is 6.81. The Bertz CT molecular complexity index is 794. The van der Waals surface area contributed by atoms with Crippen molar-refractivity contribution < 1.29 is 18.7 Å². The summed E-state index contributed by atoms with van der Waals surface area (Å²) in [5.41, 5.74) is 1.02. The van der Waals surface area contributed by atoms with Crippen molar-refractivity contribution in [1.82, 2.24) is 20.4 Å². The van der Waals surface area contributed by atoms with E-state index in [4.69, 9.17) is 9.15 Å². The van der Waals surface area contributed by atoms with Crippen LogP contribution in [0.3, 0.4) is 0 Å². The quantitative estimate of drug-likeness (QED) is 0.864. The van der Waals surface area contributed by atoms with Gasteiger partial charge in [0, 0.05) is 30.1 Å². The number of benzene rings is 1. The molecule has 2 aromatic rings. The molecule has 1 fully saturated rings. The minimum atomic E-state index is -0.410. The first-order valence-electron chi connectivity index (χ1n) is 9.07. The van der Waals surface area contributed by atoms with E-state index in [0.29, 0.717) is 49.2 Å². The number of carbonyl (C=O) groups is 2. The topological polar surface area (TPSA) is 97.6 Å². The maximum atomic E-state index is 12.4. The fraction of sp³-hybridized carbons (Fsp3) is 0.474. The molecule has 1 aromatic carbocycles. The maximum Gasteiger partial charge on any atom is 0.254 e. The highest BCUT2D eigenvalue weighted by molar-refractivity contribution is 5.98. The number of nitrogens with zero attached hydrogens (tertiary/aromatic N) is 3. The fourth-order valence-corrected chi connectivity index (χ4v) is 2.71. The summed E-state index contributed by atoms with van der Waals surface area (Å²) in [6.07, 6.45) is 0. The third kappa shape index (κ3) is 4.51. The minimum Gasteiger partial charge on any atom is -0.423 e. The van der Waals surface area contributed by atoms with E-state index in [9.17, 15) is 9.59 Å². The summed E-state index contributed by atoms with van der Waals surface area (Å²) in [5, 5.41) is 10.8. The van der Waals surface area contributed by atoms with Gasteiger partial charge in [0.05, 0.1) is 13.2 Å². The molecule has 0 radical (unpaired) electrons. The summed E-state index contributed by atoms with van der Waals surface area (Å²) in [6, 6.07) is 6.21. The Balaban J connectivity index is 1.62. The highest BCUT2D eigenvalue weighted by Crippen LogP contribution is 2.17. The lowest BCUT2D eigenvalue weighted by Crippen LogP contribution is -2.40. The lowest BCUT2D eigenvalue weighted by Gasteiger charge is -2.26. The van der Waals surface area contributed by atoms with E-state index in [0.717, 1.165) is 0 Å². The van der Waals surface area contributed by atoms with Gasteiger partial charge in [-0.3, -0.25) is 9.59 Å². The highest BCUT2D eigenvalue weighted by Gasteiger charge is 2.20. The zero-order valence-electron chi connectivity index (χ0n) is 15.8. The molecule has 1 atom stereocenters. The van der Waals surface area contributed by atoms with Gasteiger partial charge in [-0.25, -0.2) is 0 Å². The predicted molar refractivity (Wildman–Crippen MR) is 97.4 cm³/mol. The van der Waals surface area contributed by atoms with E-state index < -0.39 is 6.04 Å². The van der Waals surface area contributed by atoms with Gasteiger partial charge in [-0.1, -0.05) is 13.8 Å². The molecular formula is C19H24N4O4. The molecule has 1 N–H and O–H groups in total. The first-order chi connectivity index (χ1) is 13.0. The Morgan fingerprint density at radius 1 is 1.00 bits per heavy atom. The number of carbonyl (C=O) groups excluding carboxylic acids is 2. The lowest BCUT2D eigenvalue weighted by atomic mass is 10.1. The molecule has 3 rings (SSSR count). The van der Waals surface area contributed by atoms with E-state index in [1.807, 2.05) is 13.8 Å². The number of ether oxygens (including phenoxy) is 1. The molecule has 1 aliphatic heterocycles. The summed E-state index contributed by atoms with van der Waals surface area (Å²) in [5.74, 6) is 0.719. The van der Waals surface area contributed by atoms with Crippen molar-refractivity contribution in [2.24, 2.45) is 0 Å². The molecule has 1 aromatic heterocycles. The van der Waals surface area contributed by atoms with Crippen LogP contribution in [0.1, 0.15) is 65.2 Å². The van der Waals surface area contributed by atoms with E-state index in [1.54, 1.807) is 36.1 Å². The Hall–Kier alpha value is -2.74. The van der Waals surface area contributed by atoms with Gasteiger partial charge < -0.3 is 19.4 Å². The Morgan fingerprint density at radius 2 is 1.59 bits per heavy atom. The van der Waals surface area contributed by atoms with Crippen molar-refractivity contribution in [2.75, 3.05) is 26.3 Å². The first kappa shape index (κ1) is 19.0. The lowest BCUT2D eigenvalue weighted by molar-refractivity contribution is 0.0303. The molecule has 1 unspecified atom stereocenters. The second kappa shape index (κ2) is 8.30. The Kier molecular flexibility index (Phi) is 5.85. The van der Waals surface area contributed by atoms with Crippen LogP contribution in [0.2, 0.25) is 0 Å². The molecule has 0 spiro atoms. The van der Waals surface area contributed by atoms with E-state index in [-0.39, 0.29) is 17.7 Å². The van der Waals surface area contributed by atoms with Crippen LogP contribution < -0.4 is 5.32 Å². The van der Waals surface area contributed by atoms with Crippen LogP contribution in [-0.2, 0) is 4.74 Å². The monoisotopic (exact) mass is 372 g/mol. The minimum absolute atomic E-state index is 0.0503. The first-order valence-corrected chi connectivity index (χ1v) is 9.07. The third-order valence-electron chi connectivity index (χ3n) is 4.36. The Labute approximate surface area is 157 Å². The summed E-state index contributed by atoms with van der Waals surface area (Å²) < 4.78 is 10.8. The number of rotatable bonds is 5. The van der Waals surface area contributed by atoms with Crippen LogP contribution in [0.5, 0.6) is 0 Å². The molecule has 0 saturated carbocycles. The van der Waals surface area contributed by atoms with Crippen molar-refractivity contribution in [3.8, 4) is 0 Å². The number of aromatic nitrogens is 2. The molecular weight excluding hydrogens is 348 g/mol. The second-order valence-corrected chi connectivity index (χ2v) is 6.81. The average molecular weight is 372 g/mol. The molecule has 8 heteroatoms. The molecule has 8 nitrogen and oxygen atoms in total. The molecule has 2 amide bonds. The number of hydrogen-bond acceptors (Lipinski definition) is 6.